The van der Waals surface area contributed by atoms with E-state index < -0.39 is 0 Å². The number of carbonyl (C=O) groups is 1. The molecule has 0 spiro atoms. The molecule has 0 bridgehead atoms. The molecule has 1 aliphatic heterocycles. The van der Waals surface area contributed by atoms with Gasteiger partial charge in [-0.3, -0.25) is 4.79 Å². The van der Waals surface area contributed by atoms with Gasteiger partial charge in [0.2, 0.25) is 0 Å². The van der Waals surface area contributed by atoms with Gasteiger partial charge in [0, 0.05) is 12.3 Å². The summed E-state index contributed by atoms with van der Waals surface area (Å²) in [5.41, 5.74) is 2.74. The quantitative estimate of drug-likeness (QED) is 0.452. The second-order valence-electron chi connectivity index (χ2n) is 6.40. The molecule has 0 aromatic rings. The smallest absolute Gasteiger partial charge is 0.306 e. The highest BCUT2D eigenvalue weighted by atomic mass is 16.5. The van der Waals surface area contributed by atoms with Crippen molar-refractivity contribution < 1.29 is 9.53 Å². The summed E-state index contributed by atoms with van der Waals surface area (Å²) >= 11 is 0. The van der Waals surface area contributed by atoms with Crippen molar-refractivity contribution in [1.82, 2.24) is 0 Å². The summed E-state index contributed by atoms with van der Waals surface area (Å²) < 4.78 is 5.32. The van der Waals surface area contributed by atoms with Crippen LogP contribution in [0, 0.1) is 11.8 Å². The zero-order chi connectivity index (χ0) is 15.7. The summed E-state index contributed by atoms with van der Waals surface area (Å²) in [7, 11) is 0. The third-order valence-corrected chi connectivity index (χ3v) is 3.80. The third kappa shape index (κ3) is 8.54. The fourth-order valence-electron chi connectivity index (χ4n) is 2.46. The van der Waals surface area contributed by atoms with Gasteiger partial charge in [0.1, 0.15) is 0 Å². The molecule has 1 heterocycles. The molecule has 2 nitrogen and oxygen atoms in total. The van der Waals surface area contributed by atoms with Crippen LogP contribution >= 0.6 is 0 Å². The third-order valence-electron chi connectivity index (χ3n) is 3.80. The minimum atomic E-state index is -0.0838. The van der Waals surface area contributed by atoms with Crippen molar-refractivity contribution in [3.8, 4) is 0 Å². The largest absolute Gasteiger partial charge is 0.465 e. The van der Waals surface area contributed by atoms with E-state index >= 15 is 0 Å². The van der Waals surface area contributed by atoms with Gasteiger partial charge in [-0.05, 0) is 45.4 Å². The molecule has 2 unspecified atom stereocenters. The second kappa shape index (κ2) is 9.59. The highest BCUT2D eigenvalue weighted by Gasteiger charge is 2.06. The Kier molecular flexibility index (Phi) is 8.11. The van der Waals surface area contributed by atoms with Crippen molar-refractivity contribution in [3.05, 3.63) is 35.5 Å². The molecule has 0 saturated carbocycles. The molecule has 21 heavy (non-hydrogen) atoms. The Balaban J connectivity index is 2.69. The Hall–Kier alpha value is -1.31. The number of rotatable bonds is 0. The van der Waals surface area contributed by atoms with Gasteiger partial charge in [-0.25, -0.2) is 0 Å². The minimum Gasteiger partial charge on any atom is -0.465 e. The van der Waals surface area contributed by atoms with Crippen LogP contribution in [0.15, 0.2) is 35.5 Å². The lowest BCUT2D eigenvalue weighted by atomic mass is 10.00. The molecule has 118 valence electrons. The molecule has 0 N–H and O–H groups in total. The highest BCUT2D eigenvalue weighted by molar-refractivity contribution is 5.69. The summed E-state index contributed by atoms with van der Waals surface area (Å²) in [5, 5.41) is 0. The average Bonchev–Trinajstić information content (AvgIpc) is 2.41. The monoisotopic (exact) mass is 290 g/mol. The minimum absolute atomic E-state index is 0.0838. The van der Waals surface area contributed by atoms with E-state index in [4.69, 9.17) is 4.74 Å². The van der Waals surface area contributed by atoms with Gasteiger partial charge in [0.15, 0.2) is 0 Å². The van der Waals surface area contributed by atoms with Crippen molar-refractivity contribution in [3.63, 3.8) is 0 Å². The molecule has 0 aliphatic carbocycles. The number of esters is 1. The SMILES string of the molecule is C/C1=C\C(C)C/C=C\C(C)COC(=O)CC/C(C)=C/CC1. The molecule has 2 atom stereocenters. The Morgan fingerprint density at radius 1 is 1.05 bits per heavy atom. The molecule has 0 amide bonds. The van der Waals surface area contributed by atoms with Crippen LogP contribution in [0.1, 0.15) is 59.8 Å². The summed E-state index contributed by atoms with van der Waals surface area (Å²) in [6, 6.07) is 0. The topological polar surface area (TPSA) is 26.3 Å². The predicted molar refractivity (Wildman–Crippen MR) is 89.0 cm³/mol. The Morgan fingerprint density at radius 3 is 2.57 bits per heavy atom. The standard InChI is InChI=1S/C19H30O2/c1-15-7-5-8-16(2)13-17(3)9-6-10-18(4)14-21-19(20)12-11-15/h6-7,10,13,17-18H,5,8-9,11-12,14H2,1-4H3/b10-6-,15-7+,16-13+. The first-order valence-corrected chi connectivity index (χ1v) is 8.12. The predicted octanol–water partition coefficient (Wildman–Crippen LogP) is 5.21. The lowest BCUT2D eigenvalue weighted by molar-refractivity contribution is -0.144. The Bertz CT molecular complexity index is 415. The zero-order valence-corrected chi connectivity index (χ0v) is 14.0. The molecule has 0 saturated heterocycles. The molecule has 0 radical (unpaired) electrons. The van der Waals surface area contributed by atoms with Gasteiger partial charge in [-0.2, -0.15) is 0 Å². The Morgan fingerprint density at radius 2 is 1.81 bits per heavy atom. The maximum absolute atomic E-state index is 11.7. The van der Waals surface area contributed by atoms with Gasteiger partial charge >= 0.3 is 5.97 Å². The number of carbonyl (C=O) groups excluding carboxylic acids is 1. The van der Waals surface area contributed by atoms with Gasteiger partial charge < -0.3 is 4.74 Å². The summed E-state index contributed by atoms with van der Waals surface area (Å²) in [5.74, 6) is 0.768. The molecular formula is C19H30O2. The van der Waals surface area contributed by atoms with E-state index in [9.17, 15) is 4.79 Å². The van der Waals surface area contributed by atoms with E-state index in [2.05, 4.69) is 52.0 Å². The summed E-state index contributed by atoms with van der Waals surface area (Å²) in [4.78, 5) is 11.7. The van der Waals surface area contributed by atoms with E-state index in [-0.39, 0.29) is 11.9 Å². The van der Waals surface area contributed by atoms with Crippen LogP contribution in [-0.2, 0) is 9.53 Å². The maximum atomic E-state index is 11.7. The fraction of sp³-hybridized carbons (Fsp3) is 0.632. The number of hydrogen-bond acceptors (Lipinski definition) is 2. The van der Waals surface area contributed by atoms with Crippen LogP contribution in [-0.4, -0.2) is 12.6 Å². The lowest BCUT2D eigenvalue weighted by Crippen LogP contribution is -2.10. The molecule has 0 aromatic heterocycles. The van der Waals surface area contributed by atoms with Crippen LogP contribution in [0.4, 0.5) is 0 Å². The van der Waals surface area contributed by atoms with Gasteiger partial charge in [-0.15, -0.1) is 0 Å². The van der Waals surface area contributed by atoms with E-state index in [0.717, 1.165) is 25.7 Å². The van der Waals surface area contributed by atoms with E-state index in [0.29, 0.717) is 18.9 Å². The highest BCUT2D eigenvalue weighted by Crippen LogP contribution is 2.15. The lowest BCUT2D eigenvalue weighted by Gasteiger charge is -2.10. The number of allylic oxidation sites excluding steroid dienone is 5. The first-order chi connectivity index (χ1) is 9.97. The Labute approximate surface area is 130 Å². The van der Waals surface area contributed by atoms with Crippen LogP contribution in [0.2, 0.25) is 0 Å². The van der Waals surface area contributed by atoms with Crippen molar-refractivity contribution >= 4 is 5.97 Å². The maximum Gasteiger partial charge on any atom is 0.306 e. The van der Waals surface area contributed by atoms with Crippen molar-refractivity contribution in [2.24, 2.45) is 11.8 Å². The first kappa shape index (κ1) is 17.7. The molecule has 0 fully saturated rings. The molecule has 1 aliphatic rings. The fourth-order valence-corrected chi connectivity index (χ4v) is 2.46. The molecule has 2 heteroatoms. The van der Waals surface area contributed by atoms with Crippen molar-refractivity contribution in [2.45, 2.75) is 59.8 Å². The number of cyclic esters (lactones) is 1. The summed E-state index contributed by atoms with van der Waals surface area (Å²) in [6.07, 6.45) is 13.5. The molecular weight excluding hydrogens is 260 g/mol. The van der Waals surface area contributed by atoms with E-state index in [1.165, 1.54) is 11.1 Å². The summed E-state index contributed by atoms with van der Waals surface area (Å²) in [6.45, 7) is 9.14. The number of ether oxygens (including phenoxy) is 1. The first-order valence-electron chi connectivity index (χ1n) is 8.12. The van der Waals surface area contributed by atoms with Crippen molar-refractivity contribution in [2.75, 3.05) is 6.61 Å². The van der Waals surface area contributed by atoms with Gasteiger partial charge in [0.25, 0.3) is 0 Å². The average molecular weight is 290 g/mol. The zero-order valence-electron chi connectivity index (χ0n) is 14.0. The van der Waals surface area contributed by atoms with Gasteiger partial charge in [0.05, 0.1) is 6.61 Å². The van der Waals surface area contributed by atoms with Crippen LogP contribution in [0.5, 0.6) is 0 Å². The normalized spacial score (nSPS) is 33.2. The van der Waals surface area contributed by atoms with E-state index in [1.807, 2.05) is 0 Å². The molecule has 1 rings (SSSR count). The van der Waals surface area contributed by atoms with Crippen LogP contribution < -0.4 is 0 Å². The van der Waals surface area contributed by atoms with Crippen LogP contribution in [0.3, 0.4) is 0 Å². The van der Waals surface area contributed by atoms with Gasteiger partial charge in [-0.1, -0.05) is 49.3 Å². The second-order valence-corrected chi connectivity index (χ2v) is 6.40. The number of hydrogen-bond donors (Lipinski definition) is 0. The molecule has 0 aromatic carbocycles. The van der Waals surface area contributed by atoms with Crippen LogP contribution in [0.25, 0.3) is 0 Å². The van der Waals surface area contributed by atoms with E-state index in [1.54, 1.807) is 0 Å². The van der Waals surface area contributed by atoms with Crippen molar-refractivity contribution in [1.29, 1.82) is 0 Å².